The molecule has 2 aromatic heterocycles. The highest BCUT2D eigenvalue weighted by Crippen LogP contribution is 2.30. The molecule has 0 saturated heterocycles. The summed E-state index contributed by atoms with van der Waals surface area (Å²) in [5.41, 5.74) is 8.80. The van der Waals surface area contributed by atoms with Crippen molar-refractivity contribution in [3.63, 3.8) is 0 Å². The number of nitrogen functional groups attached to an aromatic ring is 1. The fraction of sp³-hybridized carbons (Fsp3) is 0.0769. The van der Waals surface area contributed by atoms with Crippen molar-refractivity contribution in [2.45, 2.75) is 17.0 Å². The van der Waals surface area contributed by atoms with Crippen molar-refractivity contribution >= 4 is 28.6 Å². The van der Waals surface area contributed by atoms with Crippen LogP contribution in [0.5, 0.6) is 0 Å². The number of nitrogens with zero attached hydrogens (tertiary/aromatic N) is 2. The lowest BCUT2D eigenvalue weighted by molar-refractivity contribution is 1.07. The Bertz CT molecular complexity index is 672. The van der Waals surface area contributed by atoms with Gasteiger partial charge in [0, 0.05) is 16.7 Å². The molecule has 0 radical (unpaired) electrons. The molecule has 0 spiro atoms. The molecule has 3 aromatic rings. The Morgan fingerprint density at radius 3 is 2.89 bits per heavy atom. The average Bonchev–Trinajstić information content (AvgIpc) is 2.77. The molecule has 0 unspecified atom stereocenters. The van der Waals surface area contributed by atoms with Crippen LogP contribution in [0.4, 0.5) is 5.82 Å². The molecule has 1 aromatic carbocycles. The summed E-state index contributed by atoms with van der Waals surface area (Å²) in [6, 6.07) is 9.92. The first-order chi connectivity index (χ1) is 8.74. The second-order valence-corrected chi connectivity index (χ2v) is 5.01. The third-order valence-electron chi connectivity index (χ3n) is 2.77. The lowest BCUT2D eigenvalue weighted by atomic mass is 10.3. The minimum Gasteiger partial charge on any atom is -0.383 e. The van der Waals surface area contributed by atoms with Crippen molar-refractivity contribution in [3.8, 4) is 0 Å². The summed E-state index contributed by atoms with van der Waals surface area (Å²) in [5, 5.41) is 0.866. The first kappa shape index (κ1) is 11.1. The zero-order chi connectivity index (χ0) is 12.5. The van der Waals surface area contributed by atoms with Crippen LogP contribution in [0.1, 0.15) is 5.56 Å². The molecule has 0 aliphatic heterocycles. The molecular formula is C13H12N4S. The summed E-state index contributed by atoms with van der Waals surface area (Å²) in [6.07, 6.45) is 1.72. The van der Waals surface area contributed by atoms with E-state index in [-0.39, 0.29) is 0 Å². The maximum absolute atomic E-state index is 5.79. The Morgan fingerprint density at radius 2 is 2.06 bits per heavy atom. The van der Waals surface area contributed by atoms with Gasteiger partial charge in [0.15, 0.2) is 5.16 Å². The van der Waals surface area contributed by atoms with Crippen LogP contribution in [0, 0.1) is 6.92 Å². The number of rotatable bonds is 2. The van der Waals surface area contributed by atoms with E-state index < -0.39 is 0 Å². The molecule has 0 bridgehead atoms. The first-order valence-electron chi connectivity index (χ1n) is 5.58. The standard InChI is InChI=1S/C13H12N4S/c1-8-11(6-7-15-12(8)14)18-13-16-9-4-2-3-5-10(9)17-13/h2-7H,1H3,(H2,14,15)(H,16,17). The minimum atomic E-state index is 0.566. The second kappa shape index (κ2) is 4.34. The summed E-state index contributed by atoms with van der Waals surface area (Å²) in [7, 11) is 0. The van der Waals surface area contributed by atoms with E-state index in [0.29, 0.717) is 5.82 Å². The van der Waals surface area contributed by atoms with Gasteiger partial charge in [-0.05, 0) is 25.1 Å². The minimum absolute atomic E-state index is 0.566. The van der Waals surface area contributed by atoms with Gasteiger partial charge < -0.3 is 10.7 Å². The van der Waals surface area contributed by atoms with Gasteiger partial charge in [0.25, 0.3) is 0 Å². The average molecular weight is 256 g/mol. The van der Waals surface area contributed by atoms with Crippen LogP contribution in [0.25, 0.3) is 11.0 Å². The summed E-state index contributed by atoms with van der Waals surface area (Å²) < 4.78 is 0. The van der Waals surface area contributed by atoms with Crippen LogP contribution in [0.2, 0.25) is 0 Å². The SMILES string of the molecule is Cc1c(Sc2nc3ccccc3[nH]2)ccnc1N. The number of nitrogens with two attached hydrogens (primary N) is 1. The maximum Gasteiger partial charge on any atom is 0.171 e. The van der Waals surface area contributed by atoms with Crippen LogP contribution < -0.4 is 5.73 Å². The molecule has 2 heterocycles. The van der Waals surface area contributed by atoms with Crippen molar-refractivity contribution in [1.82, 2.24) is 15.0 Å². The molecule has 18 heavy (non-hydrogen) atoms. The van der Waals surface area contributed by atoms with Gasteiger partial charge >= 0.3 is 0 Å². The van der Waals surface area contributed by atoms with E-state index in [4.69, 9.17) is 5.73 Å². The Balaban J connectivity index is 1.99. The lowest BCUT2D eigenvalue weighted by Crippen LogP contribution is -1.94. The van der Waals surface area contributed by atoms with Gasteiger partial charge in [0.1, 0.15) is 5.82 Å². The summed E-state index contributed by atoms with van der Waals surface area (Å²) in [6.45, 7) is 1.97. The van der Waals surface area contributed by atoms with Crippen LogP contribution in [0.3, 0.4) is 0 Å². The number of hydrogen-bond acceptors (Lipinski definition) is 4. The van der Waals surface area contributed by atoms with Gasteiger partial charge in [0.2, 0.25) is 0 Å². The summed E-state index contributed by atoms with van der Waals surface area (Å²) in [4.78, 5) is 12.9. The van der Waals surface area contributed by atoms with E-state index >= 15 is 0 Å². The number of fused-ring (bicyclic) bond motifs is 1. The molecule has 0 aliphatic carbocycles. The number of para-hydroxylation sites is 2. The van der Waals surface area contributed by atoms with Crippen molar-refractivity contribution < 1.29 is 0 Å². The lowest BCUT2D eigenvalue weighted by Gasteiger charge is -2.04. The van der Waals surface area contributed by atoms with Crippen molar-refractivity contribution in [3.05, 3.63) is 42.1 Å². The van der Waals surface area contributed by atoms with Crippen LogP contribution in [-0.4, -0.2) is 15.0 Å². The highest BCUT2D eigenvalue weighted by atomic mass is 32.2. The third-order valence-corrected chi connectivity index (χ3v) is 3.82. The number of nitrogens with one attached hydrogen (secondary N) is 1. The van der Waals surface area contributed by atoms with Gasteiger partial charge in [-0.2, -0.15) is 0 Å². The molecule has 90 valence electrons. The van der Waals surface area contributed by atoms with Crippen molar-refractivity contribution in [1.29, 1.82) is 0 Å². The Labute approximate surface area is 109 Å². The molecule has 4 nitrogen and oxygen atoms in total. The van der Waals surface area contributed by atoms with Gasteiger partial charge in [-0.15, -0.1) is 0 Å². The molecule has 5 heteroatoms. The number of pyridine rings is 1. The number of hydrogen-bond donors (Lipinski definition) is 2. The molecular weight excluding hydrogens is 244 g/mol. The maximum atomic E-state index is 5.79. The predicted molar refractivity (Wildman–Crippen MR) is 73.6 cm³/mol. The highest BCUT2D eigenvalue weighted by molar-refractivity contribution is 7.99. The van der Waals surface area contributed by atoms with E-state index in [1.165, 1.54) is 0 Å². The van der Waals surface area contributed by atoms with E-state index in [1.807, 2.05) is 37.3 Å². The van der Waals surface area contributed by atoms with Gasteiger partial charge in [-0.1, -0.05) is 23.9 Å². The third kappa shape index (κ3) is 1.93. The van der Waals surface area contributed by atoms with Crippen LogP contribution in [0.15, 0.2) is 46.6 Å². The van der Waals surface area contributed by atoms with E-state index in [2.05, 4.69) is 15.0 Å². The smallest absolute Gasteiger partial charge is 0.171 e. The Kier molecular flexibility index (Phi) is 2.68. The molecule has 0 fully saturated rings. The normalized spacial score (nSPS) is 10.9. The summed E-state index contributed by atoms with van der Waals surface area (Å²) in [5.74, 6) is 0.566. The number of aromatic nitrogens is 3. The second-order valence-electron chi connectivity index (χ2n) is 3.98. The van der Waals surface area contributed by atoms with E-state index in [1.54, 1.807) is 18.0 Å². The quantitative estimate of drug-likeness (QED) is 0.739. The Hall–Kier alpha value is -2.01. The van der Waals surface area contributed by atoms with Crippen LogP contribution >= 0.6 is 11.8 Å². The number of aromatic amines is 1. The zero-order valence-corrected chi connectivity index (χ0v) is 10.7. The Morgan fingerprint density at radius 1 is 1.22 bits per heavy atom. The number of imidazole rings is 1. The number of H-pyrrole nitrogens is 1. The first-order valence-corrected chi connectivity index (χ1v) is 6.39. The van der Waals surface area contributed by atoms with Gasteiger partial charge in [-0.3, -0.25) is 0 Å². The molecule has 0 saturated carbocycles. The highest BCUT2D eigenvalue weighted by Gasteiger charge is 2.08. The molecule has 3 rings (SSSR count). The monoisotopic (exact) mass is 256 g/mol. The molecule has 0 atom stereocenters. The predicted octanol–water partition coefficient (Wildman–Crippen LogP) is 3.00. The van der Waals surface area contributed by atoms with E-state index in [9.17, 15) is 0 Å². The molecule has 0 aliphatic rings. The summed E-state index contributed by atoms with van der Waals surface area (Å²) >= 11 is 1.57. The van der Waals surface area contributed by atoms with Gasteiger partial charge in [-0.25, -0.2) is 9.97 Å². The van der Waals surface area contributed by atoms with Crippen molar-refractivity contribution in [2.75, 3.05) is 5.73 Å². The fourth-order valence-corrected chi connectivity index (χ4v) is 2.63. The topological polar surface area (TPSA) is 67.6 Å². The van der Waals surface area contributed by atoms with E-state index in [0.717, 1.165) is 26.6 Å². The van der Waals surface area contributed by atoms with Crippen LogP contribution in [-0.2, 0) is 0 Å². The zero-order valence-electron chi connectivity index (χ0n) is 9.84. The largest absolute Gasteiger partial charge is 0.383 e. The van der Waals surface area contributed by atoms with Gasteiger partial charge in [0.05, 0.1) is 11.0 Å². The number of anilines is 1. The fourth-order valence-electron chi connectivity index (χ4n) is 1.73. The number of benzene rings is 1. The van der Waals surface area contributed by atoms with Crippen molar-refractivity contribution in [2.24, 2.45) is 0 Å². The molecule has 0 amide bonds. The molecule has 3 N–H and O–H groups in total.